The second-order valence-electron chi connectivity index (χ2n) is 2.47. The molecule has 0 bridgehead atoms. The molecule has 0 aliphatic carbocycles. The fraction of sp³-hybridized carbons (Fsp3) is 0.500. The van der Waals surface area contributed by atoms with Crippen molar-refractivity contribution in [1.29, 1.82) is 0 Å². The maximum Gasteiger partial charge on any atom is 0.167 e. The van der Waals surface area contributed by atoms with Gasteiger partial charge in [-0.2, -0.15) is 0 Å². The summed E-state index contributed by atoms with van der Waals surface area (Å²) in [7, 11) is 0. The highest BCUT2D eigenvalue weighted by Crippen LogP contribution is 2.24. The van der Waals surface area contributed by atoms with Crippen LogP contribution < -0.4 is 5.32 Å². The number of nitrogens with one attached hydrogen (secondary N) is 1. The lowest BCUT2D eigenvalue weighted by Gasteiger charge is -2.27. The van der Waals surface area contributed by atoms with Gasteiger partial charge in [-0.25, -0.2) is 0 Å². The van der Waals surface area contributed by atoms with Crippen molar-refractivity contribution in [2.24, 2.45) is 0 Å². The van der Waals surface area contributed by atoms with E-state index >= 15 is 0 Å². The molecule has 62 valence electrons. The van der Waals surface area contributed by atoms with Crippen LogP contribution >= 0.6 is 11.6 Å². The second kappa shape index (κ2) is 3.18. The lowest BCUT2D eigenvalue weighted by molar-refractivity contribution is 0.195. The Morgan fingerprint density at radius 3 is 3.00 bits per heavy atom. The Hall–Kier alpha value is -0.630. The van der Waals surface area contributed by atoms with Gasteiger partial charge in [0.15, 0.2) is 5.00 Å². The van der Waals surface area contributed by atoms with E-state index < -0.39 is 5.00 Å². The minimum absolute atomic E-state index is 0.579. The van der Waals surface area contributed by atoms with Crippen LogP contribution in [0.3, 0.4) is 0 Å². The third kappa shape index (κ3) is 1.90. The molecule has 1 aliphatic rings. The molecule has 2 nitrogen and oxygen atoms in total. The Morgan fingerprint density at radius 2 is 2.45 bits per heavy atom. The van der Waals surface area contributed by atoms with Crippen LogP contribution in [0.2, 0.25) is 0 Å². The summed E-state index contributed by atoms with van der Waals surface area (Å²) < 4.78 is 5.31. The predicted molar refractivity (Wildman–Crippen MR) is 46.2 cm³/mol. The Balaban J connectivity index is 2.71. The number of hydrogen-bond acceptors (Lipinski definition) is 2. The molecule has 1 aliphatic heterocycles. The van der Waals surface area contributed by atoms with E-state index in [-0.39, 0.29) is 0 Å². The normalized spacial score (nSPS) is 29.2. The number of hydrogen-bond donors (Lipinski definition) is 1. The summed E-state index contributed by atoms with van der Waals surface area (Å²) in [6.07, 6.45) is 5.54. The summed E-state index contributed by atoms with van der Waals surface area (Å²) in [5.41, 5.74) is 0. The number of allylic oxidation sites excluding steroid dienone is 2. The van der Waals surface area contributed by atoms with E-state index in [9.17, 15) is 0 Å². The minimum Gasteiger partial charge on any atom is -0.494 e. The molecule has 0 amide bonds. The first-order chi connectivity index (χ1) is 5.17. The van der Waals surface area contributed by atoms with Gasteiger partial charge in [0.05, 0.1) is 6.61 Å². The lowest BCUT2D eigenvalue weighted by Crippen LogP contribution is -2.37. The fourth-order valence-electron chi connectivity index (χ4n) is 0.907. The second-order valence-corrected chi connectivity index (χ2v) is 3.23. The monoisotopic (exact) mass is 173 g/mol. The average molecular weight is 174 g/mol. The zero-order valence-corrected chi connectivity index (χ0v) is 7.48. The SMILES string of the molecule is CCOC1=CC=CNC1(C)Cl. The zero-order chi connectivity index (χ0) is 8.32. The highest BCUT2D eigenvalue weighted by atomic mass is 35.5. The molecule has 1 rings (SSSR count). The summed E-state index contributed by atoms with van der Waals surface area (Å²) in [5, 5.41) is 2.98. The molecule has 3 heteroatoms. The third-order valence-corrected chi connectivity index (χ3v) is 1.76. The topological polar surface area (TPSA) is 21.3 Å². The van der Waals surface area contributed by atoms with E-state index in [0.29, 0.717) is 6.61 Å². The number of rotatable bonds is 2. The van der Waals surface area contributed by atoms with Crippen molar-refractivity contribution < 1.29 is 4.74 Å². The Bertz CT molecular complexity index is 196. The molecule has 1 unspecified atom stereocenters. The summed E-state index contributed by atoms with van der Waals surface area (Å²) in [5.74, 6) is 0.768. The number of alkyl halides is 1. The highest BCUT2D eigenvalue weighted by molar-refractivity contribution is 6.25. The van der Waals surface area contributed by atoms with Crippen LogP contribution in [-0.2, 0) is 4.74 Å². The summed E-state index contributed by atoms with van der Waals surface area (Å²) >= 11 is 6.06. The van der Waals surface area contributed by atoms with E-state index in [0.717, 1.165) is 5.76 Å². The minimum atomic E-state index is -0.579. The van der Waals surface area contributed by atoms with E-state index in [1.807, 2.05) is 26.0 Å². The molecular formula is C8H12ClNO. The number of halogens is 1. The molecule has 11 heavy (non-hydrogen) atoms. The molecule has 0 saturated carbocycles. The summed E-state index contributed by atoms with van der Waals surface area (Å²) in [6, 6.07) is 0. The molecule has 0 aromatic carbocycles. The van der Waals surface area contributed by atoms with Gasteiger partial charge in [0.1, 0.15) is 5.76 Å². The van der Waals surface area contributed by atoms with Crippen LogP contribution in [0.25, 0.3) is 0 Å². The Morgan fingerprint density at radius 1 is 1.73 bits per heavy atom. The molecule has 0 spiro atoms. The van der Waals surface area contributed by atoms with Crippen LogP contribution in [0.4, 0.5) is 0 Å². The smallest absolute Gasteiger partial charge is 0.167 e. The van der Waals surface area contributed by atoms with Crippen molar-refractivity contribution in [3.05, 3.63) is 24.1 Å². The van der Waals surface area contributed by atoms with Crippen molar-refractivity contribution in [3.8, 4) is 0 Å². The first kappa shape index (κ1) is 8.47. The maximum atomic E-state index is 6.06. The van der Waals surface area contributed by atoms with Crippen molar-refractivity contribution in [1.82, 2.24) is 5.32 Å². The van der Waals surface area contributed by atoms with E-state index in [1.165, 1.54) is 0 Å². The predicted octanol–water partition coefficient (Wildman–Crippen LogP) is 1.98. The molecule has 0 saturated heterocycles. The summed E-state index contributed by atoms with van der Waals surface area (Å²) in [6.45, 7) is 4.44. The van der Waals surface area contributed by atoms with Crippen LogP contribution in [0, 0.1) is 0 Å². The molecule has 0 aromatic rings. The van der Waals surface area contributed by atoms with Gasteiger partial charge in [-0.15, -0.1) is 0 Å². The first-order valence-corrected chi connectivity index (χ1v) is 4.01. The van der Waals surface area contributed by atoms with Crippen molar-refractivity contribution in [2.75, 3.05) is 6.61 Å². The molecule has 0 aromatic heterocycles. The molecule has 0 radical (unpaired) electrons. The Labute approximate surface area is 71.9 Å². The van der Waals surface area contributed by atoms with Crippen LogP contribution in [0.15, 0.2) is 24.1 Å². The van der Waals surface area contributed by atoms with Crippen molar-refractivity contribution in [3.63, 3.8) is 0 Å². The van der Waals surface area contributed by atoms with E-state index in [2.05, 4.69) is 5.32 Å². The van der Waals surface area contributed by atoms with Gasteiger partial charge < -0.3 is 10.1 Å². The van der Waals surface area contributed by atoms with Crippen molar-refractivity contribution in [2.45, 2.75) is 18.8 Å². The Kier molecular flexibility index (Phi) is 2.45. The van der Waals surface area contributed by atoms with Gasteiger partial charge >= 0.3 is 0 Å². The maximum absolute atomic E-state index is 6.06. The molecule has 1 heterocycles. The van der Waals surface area contributed by atoms with Gasteiger partial charge in [-0.05, 0) is 32.2 Å². The van der Waals surface area contributed by atoms with Gasteiger partial charge in [0.25, 0.3) is 0 Å². The highest BCUT2D eigenvalue weighted by Gasteiger charge is 2.27. The standard InChI is InChI=1S/C8H12ClNO/c1-3-11-7-5-4-6-10-8(7,2)9/h4-6,10H,3H2,1-2H3. The van der Waals surface area contributed by atoms with E-state index in [4.69, 9.17) is 16.3 Å². The third-order valence-electron chi connectivity index (χ3n) is 1.46. The first-order valence-electron chi connectivity index (χ1n) is 3.63. The molecule has 1 atom stereocenters. The quantitative estimate of drug-likeness (QED) is 0.510. The molecule has 1 N–H and O–H groups in total. The average Bonchev–Trinajstić information content (AvgIpc) is 1.94. The van der Waals surface area contributed by atoms with Crippen LogP contribution in [0.5, 0.6) is 0 Å². The molecule has 0 fully saturated rings. The van der Waals surface area contributed by atoms with Gasteiger partial charge in [-0.1, -0.05) is 11.6 Å². The van der Waals surface area contributed by atoms with Crippen LogP contribution in [-0.4, -0.2) is 11.6 Å². The van der Waals surface area contributed by atoms with Crippen molar-refractivity contribution >= 4 is 11.6 Å². The van der Waals surface area contributed by atoms with Gasteiger partial charge in [0, 0.05) is 0 Å². The lowest BCUT2D eigenvalue weighted by atomic mass is 10.2. The largest absolute Gasteiger partial charge is 0.494 e. The number of dihydropyridines is 1. The number of ether oxygens (including phenoxy) is 1. The summed E-state index contributed by atoms with van der Waals surface area (Å²) in [4.78, 5) is -0.579. The fourth-order valence-corrected chi connectivity index (χ4v) is 1.09. The van der Waals surface area contributed by atoms with Gasteiger partial charge in [-0.3, -0.25) is 0 Å². The zero-order valence-electron chi connectivity index (χ0n) is 6.73. The van der Waals surface area contributed by atoms with Gasteiger partial charge in [0.2, 0.25) is 0 Å². The van der Waals surface area contributed by atoms with Crippen LogP contribution in [0.1, 0.15) is 13.8 Å². The molecular weight excluding hydrogens is 162 g/mol. The van der Waals surface area contributed by atoms with E-state index in [1.54, 1.807) is 6.20 Å².